The molecule has 29 heavy (non-hydrogen) atoms. The minimum absolute atomic E-state index is 0.115. The van der Waals surface area contributed by atoms with E-state index in [0.29, 0.717) is 6.42 Å². The number of ether oxygens (including phenoxy) is 3. The summed E-state index contributed by atoms with van der Waals surface area (Å²) >= 11 is 0. The normalized spacial score (nSPS) is 12.2. The number of amides is 1. The highest BCUT2D eigenvalue weighted by atomic mass is 16.6. The van der Waals surface area contributed by atoms with Crippen LogP contribution in [-0.2, 0) is 27.1 Å². The molecular formula is C20H27N3O6. The minimum atomic E-state index is -0.652. The van der Waals surface area contributed by atoms with Gasteiger partial charge in [0.15, 0.2) is 5.82 Å². The number of alkyl carbamates (subject to hydrolysis) is 1. The van der Waals surface area contributed by atoms with E-state index in [9.17, 15) is 9.59 Å². The Morgan fingerprint density at radius 2 is 1.90 bits per heavy atom. The molecule has 1 N–H and O–H groups in total. The van der Waals surface area contributed by atoms with E-state index in [1.54, 1.807) is 34.8 Å². The molecule has 1 aromatic heterocycles. The molecule has 9 heteroatoms. The average Bonchev–Trinajstić information content (AvgIpc) is 3.08. The first-order valence-corrected chi connectivity index (χ1v) is 9.30. The van der Waals surface area contributed by atoms with E-state index < -0.39 is 23.7 Å². The Morgan fingerprint density at radius 3 is 2.48 bits per heavy atom. The number of rotatable bonds is 8. The number of nitrogens with one attached hydrogen (secondary N) is 1. The number of carbonyl (C=O) groups excluding carboxylic acids is 2. The van der Waals surface area contributed by atoms with Gasteiger partial charge in [-0.1, -0.05) is 17.3 Å². The fourth-order valence-electron chi connectivity index (χ4n) is 2.47. The van der Waals surface area contributed by atoms with Gasteiger partial charge < -0.3 is 24.1 Å². The second-order valence-electron chi connectivity index (χ2n) is 7.28. The maximum Gasteiger partial charge on any atom is 0.408 e. The highest BCUT2D eigenvalue weighted by Crippen LogP contribution is 2.20. The summed E-state index contributed by atoms with van der Waals surface area (Å²) in [4.78, 5) is 28.2. The predicted octanol–water partition coefficient (Wildman–Crippen LogP) is 2.99. The van der Waals surface area contributed by atoms with Gasteiger partial charge in [-0.05, 0) is 45.4 Å². The van der Waals surface area contributed by atoms with Gasteiger partial charge in [-0.15, -0.1) is 0 Å². The fourth-order valence-corrected chi connectivity index (χ4v) is 2.47. The van der Waals surface area contributed by atoms with E-state index in [2.05, 4.69) is 15.5 Å². The number of hydrogen-bond acceptors (Lipinski definition) is 8. The van der Waals surface area contributed by atoms with E-state index in [-0.39, 0.29) is 24.7 Å². The minimum Gasteiger partial charge on any atom is -0.497 e. The van der Waals surface area contributed by atoms with Crippen LogP contribution >= 0.6 is 0 Å². The molecule has 0 aliphatic carbocycles. The molecule has 0 fully saturated rings. The van der Waals surface area contributed by atoms with E-state index in [0.717, 1.165) is 11.3 Å². The number of esters is 1. The van der Waals surface area contributed by atoms with Crippen molar-refractivity contribution in [2.75, 3.05) is 13.7 Å². The first-order chi connectivity index (χ1) is 13.7. The molecule has 0 aliphatic heterocycles. The van der Waals surface area contributed by atoms with Gasteiger partial charge in [0, 0.05) is 6.42 Å². The molecule has 0 saturated heterocycles. The van der Waals surface area contributed by atoms with Gasteiger partial charge in [-0.25, -0.2) is 4.79 Å². The van der Waals surface area contributed by atoms with Crippen molar-refractivity contribution in [1.29, 1.82) is 0 Å². The third-order valence-corrected chi connectivity index (χ3v) is 3.69. The van der Waals surface area contributed by atoms with E-state index in [4.69, 9.17) is 18.7 Å². The second-order valence-corrected chi connectivity index (χ2v) is 7.28. The summed E-state index contributed by atoms with van der Waals surface area (Å²) in [5.41, 5.74) is 0.268. The Hall–Kier alpha value is -3.10. The predicted molar refractivity (Wildman–Crippen MR) is 103 cm³/mol. The first kappa shape index (κ1) is 22.2. The maximum atomic E-state index is 12.3. The third kappa shape index (κ3) is 7.44. The van der Waals surface area contributed by atoms with Crippen LogP contribution in [0.4, 0.5) is 4.79 Å². The SMILES string of the molecule is CCOC(=O)Cc1nc([C@H](Cc2ccc(OC)cc2)NC(=O)OC(C)(C)C)no1. The molecule has 1 amide bonds. The van der Waals surface area contributed by atoms with Crippen LogP contribution in [0.2, 0.25) is 0 Å². The van der Waals surface area contributed by atoms with Gasteiger partial charge in [0.25, 0.3) is 0 Å². The molecule has 2 rings (SSSR count). The standard InChI is InChI=1S/C20H27N3O6/c1-6-27-17(24)12-16-22-18(23-29-16)15(21-19(25)28-20(2,3)4)11-13-7-9-14(26-5)10-8-13/h7-10,15H,6,11-12H2,1-5H3,(H,21,25)/t15-/m0/s1. The molecule has 0 bridgehead atoms. The number of aromatic nitrogens is 2. The van der Waals surface area contributed by atoms with Crippen molar-refractivity contribution in [3.8, 4) is 5.75 Å². The summed E-state index contributed by atoms with van der Waals surface area (Å²) in [5, 5.41) is 6.69. The monoisotopic (exact) mass is 405 g/mol. The average molecular weight is 405 g/mol. The van der Waals surface area contributed by atoms with E-state index in [1.165, 1.54) is 0 Å². The van der Waals surface area contributed by atoms with Gasteiger partial charge >= 0.3 is 12.1 Å². The molecule has 1 atom stereocenters. The molecule has 0 aliphatic rings. The van der Waals surface area contributed by atoms with Crippen LogP contribution in [0.15, 0.2) is 28.8 Å². The maximum absolute atomic E-state index is 12.3. The van der Waals surface area contributed by atoms with E-state index in [1.807, 2.05) is 24.3 Å². The summed E-state index contributed by atoms with van der Waals surface area (Å²) in [6, 6.07) is 6.78. The van der Waals surface area contributed by atoms with Crippen LogP contribution < -0.4 is 10.1 Å². The number of methoxy groups -OCH3 is 1. The molecule has 9 nitrogen and oxygen atoms in total. The largest absolute Gasteiger partial charge is 0.497 e. The number of carbonyl (C=O) groups is 2. The Bertz CT molecular complexity index is 810. The van der Waals surface area contributed by atoms with Gasteiger partial charge in [-0.2, -0.15) is 4.98 Å². The summed E-state index contributed by atoms with van der Waals surface area (Å²) in [5.74, 6) is 0.617. The highest BCUT2D eigenvalue weighted by molar-refractivity contribution is 5.71. The Morgan fingerprint density at radius 1 is 1.21 bits per heavy atom. The second kappa shape index (κ2) is 9.90. The van der Waals surface area contributed by atoms with Crippen molar-refractivity contribution in [3.05, 3.63) is 41.5 Å². The molecule has 1 aromatic carbocycles. The van der Waals surface area contributed by atoms with Crippen molar-refractivity contribution >= 4 is 12.1 Å². The van der Waals surface area contributed by atoms with Gasteiger partial charge in [0.05, 0.1) is 19.8 Å². The molecule has 0 spiro atoms. The zero-order valence-electron chi connectivity index (χ0n) is 17.4. The highest BCUT2D eigenvalue weighted by Gasteiger charge is 2.25. The molecule has 1 heterocycles. The summed E-state index contributed by atoms with van der Waals surface area (Å²) in [6.07, 6.45) is -0.350. The summed E-state index contributed by atoms with van der Waals surface area (Å²) < 4.78 is 20.5. The topological polar surface area (TPSA) is 113 Å². The Balaban J connectivity index is 2.18. The number of nitrogens with zero attached hydrogens (tertiary/aromatic N) is 2. The molecular weight excluding hydrogens is 378 g/mol. The first-order valence-electron chi connectivity index (χ1n) is 9.30. The lowest BCUT2D eigenvalue weighted by Crippen LogP contribution is -2.36. The summed E-state index contributed by atoms with van der Waals surface area (Å²) in [7, 11) is 1.59. The molecule has 2 aromatic rings. The van der Waals surface area contributed by atoms with Crippen LogP contribution in [0.1, 0.15) is 51.0 Å². The van der Waals surface area contributed by atoms with Crippen molar-refractivity contribution < 1.29 is 28.3 Å². The Labute approximate surface area is 169 Å². The molecule has 0 radical (unpaired) electrons. The van der Waals surface area contributed by atoms with Crippen LogP contribution in [0.3, 0.4) is 0 Å². The molecule has 0 saturated carbocycles. The number of benzene rings is 1. The van der Waals surface area contributed by atoms with Gasteiger partial charge in [0.2, 0.25) is 5.89 Å². The Kier molecular flexibility index (Phi) is 7.58. The van der Waals surface area contributed by atoms with Crippen molar-refractivity contribution in [2.24, 2.45) is 0 Å². The van der Waals surface area contributed by atoms with Crippen LogP contribution in [0.25, 0.3) is 0 Å². The lowest BCUT2D eigenvalue weighted by molar-refractivity contribution is -0.142. The quantitative estimate of drug-likeness (QED) is 0.667. The van der Waals surface area contributed by atoms with Gasteiger partial charge in [0.1, 0.15) is 17.8 Å². The molecule has 0 unspecified atom stereocenters. The number of hydrogen-bond donors (Lipinski definition) is 1. The lowest BCUT2D eigenvalue weighted by atomic mass is 10.1. The smallest absolute Gasteiger partial charge is 0.408 e. The van der Waals surface area contributed by atoms with Crippen molar-refractivity contribution in [2.45, 2.75) is 52.2 Å². The zero-order chi connectivity index (χ0) is 21.4. The van der Waals surface area contributed by atoms with Gasteiger partial charge in [-0.3, -0.25) is 4.79 Å². The lowest BCUT2D eigenvalue weighted by Gasteiger charge is -2.22. The van der Waals surface area contributed by atoms with Crippen LogP contribution in [0.5, 0.6) is 5.75 Å². The fraction of sp³-hybridized carbons (Fsp3) is 0.500. The van der Waals surface area contributed by atoms with Crippen LogP contribution in [-0.4, -0.2) is 41.5 Å². The molecule has 158 valence electrons. The zero-order valence-corrected chi connectivity index (χ0v) is 17.4. The summed E-state index contributed by atoms with van der Waals surface area (Å²) in [6.45, 7) is 7.30. The third-order valence-electron chi connectivity index (χ3n) is 3.69. The van der Waals surface area contributed by atoms with Crippen molar-refractivity contribution in [3.63, 3.8) is 0 Å². The van der Waals surface area contributed by atoms with Crippen LogP contribution in [0, 0.1) is 0 Å². The van der Waals surface area contributed by atoms with Crippen molar-refractivity contribution in [1.82, 2.24) is 15.5 Å². The van der Waals surface area contributed by atoms with E-state index >= 15 is 0 Å².